The minimum Gasteiger partial charge on any atom is -0.293 e. The molecule has 0 aliphatic heterocycles. The van der Waals surface area contributed by atoms with Crippen molar-refractivity contribution in [2.24, 2.45) is 0 Å². The Morgan fingerprint density at radius 1 is 1.69 bits per heavy atom. The van der Waals surface area contributed by atoms with E-state index in [-0.39, 0.29) is 11.5 Å². The van der Waals surface area contributed by atoms with E-state index >= 15 is 0 Å². The van der Waals surface area contributed by atoms with Crippen LogP contribution in [0.25, 0.3) is 0 Å². The van der Waals surface area contributed by atoms with E-state index in [2.05, 4.69) is 5.10 Å². The zero-order valence-electron chi connectivity index (χ0n) is 7.42. The van der Waals surface area contributed by atoms with Crippen molar-refractivity contribution in [3.63, 3.8) is 0 Å². The maximum Gasteiger partial charge on any atom is 0.264 e. The molecule has 0 unspecified atom stereocenters. The number of alkyl halides is 2. The largest absolute Gasteiger partial charge is 0.293 e. The summed E-state index contributed by atoms with van der Waals surface area (Å²) in [5.74, 6) is -3.11. The van der Waals surface area contributed by atoms with E-state index < -0.39 is 12.5 Å². The first-order valence-corrected chi connectivity index (χ1v) is 3.81. The number of halogens is 2. The summed E-state index contributed by atoms with van der Waals surface area (Å²) in [4.78, 5) is 10.9. The minimum absolute atomic E-state index is 0.210. The average Bonchev–Trinajstić information content (AvgIpc) is 2.31. The van der Waals surface area contributed by atoms with Crippen LogP contribution in [0.4, 0.5) is 8.78 Å². The topological polar surface area (TPSA) is 34.9 Å². The molecule has 1 heterocycles. The Kier molecular flexibility index (Phi) is 2.45. The Morgan fingerprint density at radius 3 is 2.77 bits per heavy atom. The second-order valence-corrected chi connectivity index (χ2v) is 3.00. The molecule has 3 nitrogen and oxygen atoms in total. The van der Waals surface area contributed by atoms with Gasteiger partial charge in [0, 0.05) is 20.0 Å². The molecule has 1 aromatic heterocycles. The summed E-state index contributed by atoms with van der Waals surface area (Å²) >= 11 is 0. The third-order valence-electron chi connectivity index (χ3n) is 1.50. The van der Waals surface area contributed by atoms with Gasteiger partial charge in [-0.1, -0.05) is 0 Å². The third kappa shape index (κ3) is 2.61. The summed E-state index contributed by atoms with van der Waals surface area (Å²) in [6.07, 6.45) is 1.34. The number of hydrogen-bond donors (Lipinski definition) is 0. The fourth-order valence-electron chi connectivity index (χ4n) is 1.02. The molecule has 1 aromatic rings. The van der Waals surface area contributed by atoms with Crippen molar-refractivity contribution in [3.05, 3.63) is 18.0 Å². The van der Waals surface area contributed by atoms with Crippen molar-refractivity contribution in [3.8, 4) is 0 Å². The SMILES string of the molecule is CC(=O)c1ccnn1CC(C)(F)F. The lowest BCUT2D eigenvalue weighted by atomic mass is 10.3. The Hall–Kier alpha value is -1.26. The monoisotopic (exact) mass is 188 g/mol. The van der Waals surface area contributed by atoms with Gasteiger partial charge in [0.15, 0.2) is 5.78 Å². The molecular weight excluding hydrogens is 178 g/mol. The van der Waals surface area contributed by atoms with Gasteiger partial charge in [-0.05, 0) is 6.07 Å². The first-order chi connectivity index (χ1) is 5.90. The molecule has 0 fully saturated rings. The molecule has 0 saturated heterocycles. The number of aromatic nitrogens is 2. The highest BCUT2D eigenvalue weighted by molar-refractivity contribution is 5.92. The van der Waals surface area contributed by atoms with E-state index in [4.69, 9.17) is 0 Å². The van der Waals surface area contributed by atoms with Crippen molar-refractivity contribution >= 4 is 5.78 Å². The number of Topliss-reactive ketones (excluding diaryl/α,β-unsaturated/α-hetero) is 1. The number of rotatable bonds is 3. The van der Waals surface area contributed by atoms with Crippen LogP contribution in [0.15, 0.2) is 12.3 Å². The molecule has 0 aliphatic rings. The van der Waals surface area contributed by atoms with E-state index in [1.54, 1.807) is 0 Å². The molecule has 0 atom stereocenters. The number of carbonyl (C=O) groups is 1. The minimum atomic E-state index is -2.85. The maximum atomic E-state index is 12.6. The molecule has 5 heteroatoms. The molecule has 0 N–H and O–H groups in total. The lowest BCUT2D eigenvalue weighted by molar-refractivity contribution is 0.0000917. The molecule has 72 valence electrons. The van der Waals surface area contributed by atoms with Crippen molar-refractivity contribution in [1.29, 1.82) is 0 Å². The normalized spacial score (nSPS) is 11.7. The number of nitrogens with zero attached hydrogens (tertiary/aromatic N) is 2. The van der Waals surface area contributed by atoms with Crippen molar-refractivity contribution in [1.82, 2.24) is 9.78 Å². The Balaban J connectivity index is 2.89. The van der Waals surface area contributed by atoms with Gasteiger partial charge in [-0.3, -0.25) is 9.48 Å². The van der Waals surface area contributed by atoms with Gasteiger partial charge in [0.1, 0.15) is 12.2 Å². The smallest absolute Gasteiger partial charge is 0.264 e. The van der Waals surface area contributed by atoms with Gasteiger partial charge in [0.25, 0.3) is 5.92 Å². The van der Waals surface area contributed by atoms with Crippen LogP contribution in [-0.2, 0) is 6.54 Å². The molecule has 0 aromatic carbocycles. The van der Waals surface area contributed by atoms with E-state index in [0.717, 1.165) is 11.6 Å². The quantitative estimate of drug-likeness (QED) is 0.677. The van der Waals surface area contributed by atoms with Crippen LogP contribution in [0.1, 0.15) is 24.3 Å². The highest BCUT2D eigenvalue weighted by Crippen LogP contribution is 2.15. The van der Waals surface area contributed by atoms with Gasteiger partial charge in [0.2, 0.25) is 0 Å². The van der Waals surface area contributed by atoms with Crippen LogP contribution >= 0.6 is 0 Å². The van der Waals surface area contributed by atoms with Gasteiger partial charge in [-0.15, -0.1) is 0 Å². The zero-order valence-corrected chi connectivity index (χ0v) is 7.42. The molecule has 0 saturated carbocycles. The Morgan fingerprint density at radius 2 is 2.31 bits per heavy atom. The van der Waals surface area contributed by atoms with Gasteiger partial charge in [-0.25, -0.2) is 8.78 Å². The highest BCUT2D eigenvalue weighted by atomic mass is 19.3. The van der Waals surface area contributed by atoms with E-state index in [0.29, 0.717) is 0 Å². The van der Waals surface area contributed by atoms with Crippen LogP contribution in [0.2, 0.25) is 0 Å². The van der Waals surface area contributed by atoms with E-state index in [1.807, 2.05) is 0 Å². The number of ketones is 1. The van der Waals surface area contributed by atoms with Crippen LogP contribution in [0.5, 0.6) is 0 Å². The van der Waals surface area contributed by atoms with Gasteiger partial charge in [-0.2, -0.15) is 5.10 Å². The fourth-order valence-corrected chi connectivity index (χ4v) is 1.02. The Bertz CT molecular complexity index is 314. The van der Waals surface area contributed by atoms with Gasteiger partial charge >= 0.3 is 0 Å². The first-order valence-electron chi connectivity index (χ1n) is 3.81. The summed E-state index contributed by atoms with van der Waals surface area (Å²) in [6.45, 7) is 1.55. The van der Waals surface area contributed by atoms with Crippen LogP contribution in [-0.4, -0.2) is 21.5 Å². The van der Waals surface area contributed by atoms with Crippen LogP contribution < -0.4 is 0 Å². The predicted molar refractivity (Wildman–Crippen MR) is 42.9 cm³/mol. The second kappa shape index (κ2) is 3.24. The molecule has 0 aliphatic carbocycles. The summed E-state index contributed by atoms with van der Waals surface area (Å²) < 4.78 is 26.1. The van der Waals surface area contributed by atoms with E-state index in [1.165, 1.54) is 19.2 Å². The van der Waals surface area contributed by atoms with Crippen molar-refractivity contribution in [2.75, 3.05) is 0 Å². The molecular formula is C8H10F2N2O. The van der Waals surface area contributed by atoms with Gasteiger partial charge < -0.3 is 0 Å². The summed E-state index contributed by atoms with van der Waals surface area (Å²) in [5, 5.41) is 3.64. The summed E-state index contributed by atoms with van der Waals surface area (Å²) in [5.41, 5.74) is 0.210. The fraction of sp³-hybridized carbons (Fsp3) is 0.500. The average molecular weight is 188 g/mol. The summed E-state index contributed by atoms with van der Waals surface area (Å²) in [6, 6.07) is 1.42. The molecule has 0 spiro atoms. The van der Waals surface area contributed by atoms with Crippen LogP contribution in [0, 0.1) is 0 Å². The molecule has 0 bridgehead atoms. The first kappa shape index (κ1) is 9.83. The number of carbonyl (C=O) groups excluding carboxylic acids is 1. The van der Waals surface area contributed by atoms with Crippen molar-refractivity contribution < 1.29 is 13.6 Å². The molecule has 1 rings (SSSR count). The Labute approximate surface area is 74.4 Å². The zero-order chi connectivity index (χ0) is 10.1. The molecule has 0 radical (unpaired) electrons. The third-order valence-corrected chi connectivity index (χ3v) is 1.50. The van der Waals surface area contributed by atoms with Crippen LogP contribution in [0.3, 0.4) is 0 Å². The maximum absolute atomic E-state index is 12.6. The highest BCUT2D eigenvalue weighted by Gasteiger charge is 2.24. The molecule has 0 amide bonds. The lowest BCUT2D eigenvalue weighted by Gasteiger charge is -2.11. The van der Waals surface area contributed by atoms with E-state index in [9.17, 15) is 13.6 Å². The van der Waals surface area contributed by atoms with Crippen molar-refractivity contribution in [2.45, 2.75) is 26.3 Å². The number of hydrogen-bond acceptors (Lipinski definition) is 2. The standard InChI is InChI=1S/C8H10F2N2O/c1-6(13)7-3-4-11-12(7)5-8(2,9)10/h3-4H,5H2,1-2H3. The van der Waals surface area contributed by atoms with Gasteiger partial charge in [0.05, 0.1) is 0 Å². The lowest BCUT2D eigenvalue weighted by Crippen LogP contribution is -2.22. The molecule has 13 heavy (non-hydrogen) atoms. The second-order valence-electron chi connectivity index (χ2n) is 3.00. The summed E-state index contributed by atoms with van der Waals surface area (Å²) in [7, 11) is 0. The predicted octanol–water partition coefficient (Wildman–Crippen LogP) is 1.74.